The van der Waals surface area contributed by atoms with Crippen LogP contribution in [0.4, 0.5) is 0 Å². The van der Waals surface area contributed by atoms with Crippen molar-refractivity contribution in [3.63, 3.8) is 0 Å². The highest BCUT2D eigenvalue weighted by Crippen LogP contribution is 2.14. The van der Waals surface area contributed by atoms with Crippen molar-refractivity contribution in [3.8, 4) is 17.3 Å². The van der Waals surface area contributed by atoms with Crippen molar-refractivity contribution in [2.24, 2.45) is 0 Å². The number of benzene rings is 1. The van der Waals surface area contributed by atoms with E-state index < -0.39 is 0 Å². The smallest absolute Gasteiger partial charge is 0.266 e. The van der Waals surface area contributed by atoms with Crippen LogP contribution in [0.1, 0.15) is 18.4 Å². The fraction of sp³-hybridized carbons (Fsp3) is 0.263. The largest absolute Gasteiger partial charge is 0.494 e. The number of nitrogens with one attached hydrogen (secondary N) is 1. The molecule has 0 unspecified atom stereocenters. The molecule has 3 rings (SSSR count). The third kappa shape index (κ3) is 4.89. The predicted octanol–water partition coefficient (Wildman–Crippen LogP) is 2.43. The summed E-state index contributed by atoms with van der Waals surface area (Å²) in [5.41, 5.74) is 1.56. The molecule has 0 spiro atoms. The molecule has 0 radical (unpaired) electrons. The number of nitrogens with zero attached hydrogens (tertiary/aromatic N) is 3. The SMILES string of the molecule is CCOc1ccc(CC(=O)NCCc2nnc(-c3ccccn3)o2)cc1. The predicted molar refractivity (Wildman–Crippen MR) is 95.6 cm³/mol. The van der Waals surface area contributed by atoms with E-state index in [1.807, 2.05) is 43.3 Å². The second-order valence-electron chi connectivity index (χ2n) is 5.57. The molecule has 0 fully saturated rings. The van der Waals surface area contributed by atoms with Gasteiger partial charge in [-0.1, -0.05) is 18.2 Å². The van der Waals surface area contributed by atoms with Crippen LogP contribution in [0.25, 0.3) is 11.6 Å². The molecule has 3 aromatic rings. The first-order valence-electron chi connectivity index (χ1n) is 8.47. The lowest BCUT2D eigenvalue weighted by Crippen LogP contribution is -2.27. The molecule has 0 aliphatic heterocycles. The first kappa shape index (κ1) is 17.6. The Labute approximate surface area is 151 Å². The molecular weight excluding hydrogens is 332 g/mol. The van der Waals surface area contributed by atoms with E-state index in [4.69, 9.17) is 9.15 Å². The highest BCUT2D eigenvalue weighted by molar-refractivity contribution is 5.78. The van der Waals surface area contributed by atoms with Crippen molar-refractivity contribution in [1.82, 2.24) is 20.5 Å². The van der Waals surface area contributed by atoms with Crippen molar-refractivity contribution in [3.05, 3.63) is 60.1 Å². The maximum atomic E-state index is 12.0. The second kappa shape index (κ2) is 8.75. The summed E-state index contributed by atoms with van der Waals surface area (Å²) in [4.78, 5) is 16.2. The molecule has 0 aliphatic carbocycles. The zero-order valence-electron chi connectivity index (χ0n) is 14.5. The summed E-state index contributed by atoms with van der Waals surface area (Å²) in [6.45, 7) is 2.99. The van der Waals surface area contributed by atoms with Gasteiger partial charge < -0.3 is 14.5 Å². The van der Waals surface area contributed by atoms with Gasteiger partial charge >= 0.3 is 0 Å². The van der Waals surface area contributed by atoms with Gasteiger partial charge in [0.2, 0.25) is 11.8 Å². The molecule has 0 saturated heterocycles. The Bertz CT molecular complexity index is 832. The summed E-state index contributed by atoms with van der Waals surface area (Å²) in [5, 5.41) is 10.8. The summed E-state index contributed by atoms with van der Waals surface area (Å²) < 4.78 is 10.9. The van der Waals surface area contributed by atoms with Gasteiger partial charge in [-0.15, -0.1) is 10.2 Å². The normalized spacial score (nSPS) is 10.5. The van der Waals surface area contributed by atoms with Crippen molar-refractivity contribution in [2.75, 3.05) is 13.2 Å². The molecule has 134 valence electrons. The average Bonchev–Trinajstić information content (AvgIpc) is 3.13. The van der Waals surface area contributed by atoms with Crippen LogP contribution in [-0.2, 0) is 17.6 Å². The fourth-order valence-corrected chi connectivity index (χ4v) is 2.37. The van der Waals surface area contributed by atoms with Gasteiger partial charge in [0.05, 0.1) is 13.0 Å². The molecule has 2 heterocycles. The average molecular weight is 352 g/mol. The molecule has 26 heavy (non-hydrogen) atoms. The van der Waals surface area contributed by atoms with E-state index in [9.17, 15) is 4.79 Å². The Hall–Kier alpha value is -3.22. The van der Waals surface area contributed by atoms with Crippen LogP contribution in [0.15, 0.2) is 53.1 Å². The molecule has 7 nitrogen and oxygen atoms in total. The van der Waals surface area contributed by atoms with E-state index in [1.165, 1.54) is 0 Å². The van der Waals surface area contributed by atoms with Crippen LogP contribution in [0.5, 0.6) is 5.75 Å². The lowest BCUT2D eigenvalue weighted by atomic mass is 10.1. The third-order valence-corrected chi connectivity index (χ3v) is 3.61. The Morgan fingerprint density at radius 1 is 1.15 bits per heavy atom. The summed E-state index contributed by atoms with van der Waals surface area (Å²) >= 11 is 0. The molecule has 1 aromatic carbocycles. The summed E-state index contributed by atoms with van der Waals surface area (Å²) in [6, 6.07) is 13.0. The molecule has 0 bridgehead atoms. The van der Waals surface area contributed by atoms with E-state index in [0.717, 1.165) is 11.3 Å². The minimum Gasteiger partial charge on any atom is -0.494 e. The Morgan fingerprint density at radius 3 is 2.73 bits per heavy atom. The number of pyridine rings is 1. The number of rotatable bonds is 8. The van der Waals surface area contributed by atoms with Crippen LogP contribution in [0.2, 0.25) is 0 Å². The lowest BCUT2D eigenvalue weighted by molar-refractivity contribution is -0.120. The zero-order chi connectivity index (χ0) is 18.2. The van der Waals surface area contributed by atoms with Crippen molar-refractivity contribution in [1.29, 1.82) is 0 Å². The summed E-state index contributed by atoms with van der Waals surface area (Å²) in [6.07, 6.45) is 2.45. The number of hydrogen-bond donors (Lipinski definition) is 1. The van der Waals surface area contributed by atoms with Crippen molar-refractivity contribution in [2.45, 2.75) is 19.8 Å². The number of amides is 1. The molecule has 0 atom stereocenters. The number of carbonyl (C=O) groups excluding carboxylic acids is 1. The van der Waals surface area contributed by atoms with Gasteiger partial charge in [-0.3, -0.25) is 9.78 Å². The fourth-order valence-electron chi connectivity index (χ4n) is 2.37. The van der Waals surface area contributed by atoms with E-state index in [0.29, 0.717) is 43.5 Å². The maximum Gasteiger partial charge on any atom is 0.266 e. The van der Waals surface area contributed by atoms with Crippen molar-refractivity contribution < 1.29 is 13.9 Å². The standard InChI is InChI=1S/C19H20N4O3/c1-2-25-15-8-6-14(7-9-15)13-17(24)21-12-10-18-22-23-19(26-18)16-5-3-4-11-20-16/h3-9,11H,2,10,12-13H2,1H3,(H,21,24). The number of ether oxygens (including phenoxy) is 1. The molecule has 1 N–H and O–H groups in total. The minimum atomic E-state index is -0.0568. The van der Waals surface area contributed by atoms with Crippen LogP contribution >= 0.6 is 0 Å². The molecule has 2 aromatic heterocycles. The van der Waals surface area contributed by atoms with Crippen LogP contribution < -0.4 is 10.1 Å². The van der Waals surface area contributed by atoms with Gasteiger partial charge in [-0.05, 0) is 36.8 Å². The van der Waals surface area contributed by atoms with Gasteiger partial charge in [-0.25, -0.2) is 0 Å². The van der Waals surface area contributed by atoms with Gasteiger partial charge in [0.25, 0.3) is 5.89 Å². The van der Waals surface area contributed by atoms with Gasteiger partial charge in [0, 0.05) is 19.2 Å². The first-order valence-corrected chi connectivity index (χ1v) is 8.47. The van der Waals surface area contributed by atoms with E-state index in [-0.39, 0.29) is 5.91 Å². The molecule has 0 aliphatic rings. The quantitative estimate of drug-likeness (QED) is 0.670. The molecule has 7 heteroatoms. The van der Waals surface area contributed by atoms with E-state index in [1.54, 1.807) is 12.3 Å². The first-order chi connectivity index (χ1) is 12.7. The lowest BCUT2D eigenvalue weighted by Gasteiger charge is -2.06. The molecular formula is C19H20N4O3. The van der Waals surface area contributed by atoms with Crippen LogP contribution in [0.3, 0.4) is 0 Å². The highest BCUT2D eigenvalue weighted by Gasteiger charge is 2.10. The number of aromatic nitrogens is 3. The van der Waals surface area contributed by atoms with Gasteiger partial charge in [-0.2, -0.15) is 0 Å². The van der Waals surface area contributed by atoms with Crippen LogP contribution in [0, 0.1) is 0 Å². The number of carbonyl (C=O) groups is 1. The maximum absolute atomic E-state index is 12.0. The second-order valence-corrected chi connectivity index (χ2v) is 5.57. The third-order valence-electron chi connectivity index (χ3n) is 3.61. The van der Waals surface area contributed by atoms with Gasteiger partial charge in [0.1, 0.15) is 11.4 Å². The topological polar surface area (TPSA) is 90.1 Å². The Kier molecular flexibility index (Phi) is 5.92. The minimum absolute atomic E-state index is 0.0568. The van der Waals surface area contributed by atoms with Gasteiger partial charge in [0.15, 0.2) is 0 Å². The molecule has 1 amide bonds. The molecule has 0 saturated carbocycles. The highest BCUT2D eigenvalue weighted by atomic mass is 16.5. The Balaban J connectivity index is 1.44. The summed E-state index contributed by atoms with van der Waals surface area (Å²) in [5.74, 6) is 1.59. The zero-order valence-corrected chi connectivity index (χ0v) is 14.5. The van der Waals surface area contributed by atoms with E-state index in [2.05, 4.69) is 20.5 Å². The van der Waals surface area contributed by atoms with Crippen molar-refractivity contribution >= 4 is 5.91 Å². The van der Waals surface area contributed by atoms with Crippen LogP contribution in [-0.4, -0.2) is 34.2 Å². The summed E-state index contributed by atoms with van der Waals surface area (Å²) in [7, 11) is 0. The monoisotopic (exact) mass is 352 g/mol. The number of hydrogen-bond acceptors (Lipinski definition) is 6. The van der Waals surface area contributed by atoms with E-state index >= 15 is 0 Å². The Morgan fingerprint density at radius 2 is 2.00 bits per heavy atom.